The van der Waals surface area contributed by atoms with Crippen LogP contribution in [0.3, 0.4) is 0 Å². The summed E-state index contributed by atoms with van der Waals surface area (Å²) in [6.07, 6.45) is -2.43. The van der Waals surface area contributed by atoms with Gasteiger partial charge in [-0.3, -0.25) is 4.79 Å². The normalized spacial score (nSPS) is 20.2. The molecule has 26 heavy (non-hydrogen) atoms. The summed E-state index contributed by atoms with van der Waals surface area (Å²) in [6.45, 7) is 2.70. The highest BCUT2D eigenvalue weighted by Crippen LogP contribution is 2.41. The van der Waals surface area contributed by atoms with Crippen LogP contribution in [0.5, 0.6) is 0 Å². The zero-order chi connectivity index (χ0) is 18.6. The number of carbonyl (C=O) groups is 1. The highest BCUT2D eigenvalue weighted by Gasteiger charge is 2.38. The molecule has 1 saturated carbocycles. The number of fused-ring (bicyclic) bond motifs is 1. The van der Waals surface area contributed by atoms with Crippen molar-refractivity contribution in [3.63, 3.8) is 0 Å². The fourth-order valence-electron chi connectivity index (χ4n) is 3.40. The minimum absolute atomic E-state index is 0.149. The largest absolute Gasteiger partial charge is 0.417 e. The van der Waals surface area contributed by atoms with Gasteiger partial charge in [0.2, 0.25) is 0 Å². The van der Waals surface area contributed by atoms with Gasteiger partial charge in [0.1, 0.15) is 5.82 Å². The van der Waals surface area contributed by atoms with Gasteiger partial charge in [0.15, 0.2) is 5.82 Å². The first kappa shape index (κ1) is 17.3. The van der Waals surface area contributed by atoms with Gasteiger partial charge < -0.3 is 9.47 Å². The van der Waals surface area contributed by atoms with E-state index >= 15 is 0 Å². The Morgan fingerprint density at radius 1 is 1.19 bits per heavy atom. The summed E-state index contributed by atoms with van der Waals surface area (Å²) in [5.74, 6) is 1.50. The molecule has 0 spiro atoms. The number of benzene rings is 1. The van der Waals surface area contributed by atoms with Crippen LogP contribution >= 0.6 is 11.6 Å². The topological polar surface area (TPSA) is 51.0 Å². The lowest BCUT2D eigenvalue weighted by molar-refractivity contribution is -0.137. The fourth-order valence-corrected chi connectivity index (χ4v) is 3.71. The van der Waals surface area contributed by atoms with E-state index in [0.717, 1.165) is 24.7 Å². The molecule has 5 nitrogen and oxygen atoms in total. The lowest BCUT2D eigenvalue weighted by atomic mass is 10.1. The standard InChI is InChI=1S/C17H16ClF3N4O/c1-9-14-22-23-15(10-5-6-10)25(14)8-7-24(9)16(26)11-3-2-4-12(13(11)18)17(19,20)21/h2-4,9-10H,5-8H2,1H3/t9-/m1/s1. The molecule has 1 fully saturated rings. The Morgan fingerprint density at radius 2 is 1.88 bits per heavy atom. The summed E-state index contributed by atoms with van der Waals surface area (Å²) in [4.78, 5) is 14.4. The summed E-state index contributed by atoms with van der Waals surface area (Å²) < 4.78 is 41.2. The van der Waals surface area contributed by atoms with Crippen molar-refractivity contribution in [2.45, 2.75) is 44.4 Å². The van der Waals surface area contributed by atoms with Crippen molar-refractivity contribution in [3.05, 3.63) is 46.0 Å². The van der Waals surface area contributed by atoms with Crippen LogP contribution in [-0.4, -0.2) is 32.1 Å². The number of carbonyl (C=O) groups excluding carboxylic acids is 1. The predicted octanol–water partition coefficient (Wildman–Crippen LogP) is 4.04. The van der Waals surface area contributed by atoms with E-state index in [-0.39, 0.29) is 11.6 Å². The lowest BCUT2D eigenvalue weighted by Gasteiger charge is -2.34. The molecule has 2 aliphatic rings. The van der Waals surface area contributed by atoms with Crippen LogP contribution in [-0.2, 0) is 12.7 Å². The van der Waals surface area contributed by atoms with Crippen LogP contribution < -0.4 is 0 Å². The molecule has 138 valence electrons. The predicted molar refractivity (Wildman–Crippen MR) is 87.9 cm³/mol. The Labute approximate surface area is 152 Å². The minimum atomic E-state index is -4.61. The molecule has 1 aromatic heterocycles. The summed E-state index contributed by atoms with van der Waals surface area (Å²) >= 11 is 5.91. The molecule has 4 rings (SSSR count). The van der Waals surface area contributed by atoms with Crippen LogP contribution in [0.4, 0.5) is 13.2 Å². The molecule has 2 aromatic rings. The van der Waals surface area contributed by atoms with Gasteiger partial charge in [-0.15, -0.1) is 10.2 Å². The highest BCUT2D eigenvalue weighted by atomic mass is 35.5. The third kappa shape index (κ3) is 2.76. The maximum absolute atomic E-state index is 13.1. The fraction of sp³-hybridized carbons (Fsp3) is 0.471. The monoisotopic (exact) mass is 384 g/mol. The van der Waals surface area contributed by atoms with E-state index < -0.39 is 22.7 Å². The number of alkyl halides is 3. The molecule has 1 aliphatic carbocycles. The molecule has 1 aliphatic heterocycles. The smallest absolute Gasteiger partial charge is 0.327 e. The van der Waals surface area contributed by atoms with E-state index in [4.69, 9.17) is 11.6 Å². The number of hydrogen-bond acceptors (Lipinski definition) is 3. The van der Waals surface area contributed by atoms with Crippen molar-refractivity contribution >= 4 is 17.5 Å². The lowest BCUT2D eigenvalue weighted by Crippen LogP contribution is -2.41. The molecule has 1 atom stereocenters. The molecule has 0 radical (unpaired) electrons. The van der Waals surface area contributed by atoms with E-state index in [0.29, 0.717) is 24.8 Å². The Morgan fingerprint density at radius 3 is 2.54 bits per heavy atom. The van der Waals surface area contributed by atoms with Gasteiger partial charge in [0.25, 0.3) is 5.91 Å². The molecule has 2 heterocycles. The van der Waals surface area contributed by atoms with E-state index in [1.54, 1.807) is 6.92 Å². The van der Waals surface area contributed by atoms with Crippen molar-refractivity contribution in [2.24, 2.45) is 0 Å². The second-order valence-electron chi connectivity index (χ2n) is 6.68. The van der Waals surface area contributed by atoms with Crippen LogP contribution in [0.1, 0.15) is 59.3 Å². The molecular weight excluding hydrogens is 369 g/mol. The van der Waals surface area contributed by atoms with Gasteiger partial charge in [-0.1, -0.05) is 17.7 Å². The number of aromatic nitrogens is 3. The SMILES string of the molecule is C[C@@H]1c2nnc(C3CC3)n2CCN1C(=O)c1cccc(C(F)(F)F)c1Cl. The van der Waals surface area contributed by atoms with E-state index in [9.17, 15) is 18.0 Å². The molecule has 1 amide bonds. The molecule has 0 N–H and O–H groups in total. The summed E-state index contributed by atoms with van der Waals surface area (Å²) in [6, 6.07) is 3.00. The van der Waals surface area contributed by atoms with Crippen LogP contribution in [0.25, 0.3) is 0 Å². The third-order valence-corrected chi connectivity index (χ3v) is 5.36. The Bertz CT molecular complexity index is 875. The van der Waals surface area contributed by atoms with Crippen LogP contribution in [0.2, 0.25) is 5.02 Å². The molecule has 0 saturated heterocycles. The van der Waals surface area contributed by atoms with Gasteiger partial charge in [-0.05, 0) is 31.9 Å². The van der Waals surface area contributed by atoms with Gasteiger partial charge in [0.05, 0.1) is 22.2 Å². The Balaban J connectivity index is 1.65. The second-order valence-corrected chi connectivity index (χ2v) is 7.06. The van der Waals surface area contributed by atoms with E-state index in [1.165, 1.54) is 17.0 Å². The summed E-state index contributed by atoms with van der Waals surface area (Å²) in [5.41, 5.74) is -1.16. The zero-order valence-corrected chi connectivity index (χ0v) is 14.7. The second kappa shape index (κ2) is 5.97. The number of halogens is 4. The Kier molecular flexibility index (Phi) is 3.98. The van der Waals surface area contributed by atoms with Gasteiger partial charge >= 0.3 is 6.18 Å². The summed E-state index contributed by atoms with van der Waals surface area (Å²) in [5, 5.41) is 7.88. The maximum Gasteiger partial charge on any atom is 0.417 e. The highest BCUT2D eigenvalue weighted by molar-refractivity contribution is 6.34. The average molecular weight is 385 g/mol. The van der Waals surface area contributed by atoms with Gasteiger partial charge in [-0.2, -0.15) is 13.2 Å². The van der Waals surface area contributed by atoms with Crippen molar-refractivity contribution in [1.29, 1.82) is 0 Å². The van der Waals surface area contributed by atoms with E-state index in [2.05, 4.69) is 10.2 Å². The average Bonchev–Trinajstić information content (AvgIpc) is 3.33. The quantitative estimate of drug-likeness (QED) is 0.785. The van der Waals surface area contributed by atoms with Crippen LogP contribution in [0.15, 0.2) is 18.2 Å². The van der Waals surface area contributed by atoms with Crippen LogP contribution in [0, 0.1) is 0 Å². The molecular formula is C17H16ClF3N4O. The number of rotatable bonds is 2. The van der Waals surface area contributed by atoms with Crippen molar-refractivity contribution in [3.8, 4) is 0 Å². The Hall–Kier alpha value is -2.09. The third-order valence-electron chi connectivity index (χ3n) is 4.95. The first-order valence-corrected chi connectivity index (χ1v) is 8.76. The zero-order valence-electron chi connectivity index (χ0n) is 13.9. The molecule has 9 heteroatoms. The van der Waals surface area contributed by atoms with E-state index in [1.807, 2.05) is 4.57 Å². The molecule has 0 unspecified atom stereocenters. The van der Waals surface area contributed by atoms with Crippen molar-refractivity contribution in [2.75, 3.05) is 6.54 Å². The molecule has 1 aromatic carbocycles. The number of nitrogens with zero attached hydrogens (tertiary/aromatic N) is 4. The minimum Gasteiger partial charge on any atom is -0.327 e. The maximum atomic E-state index is 13.1. The number of amides is 1. The van der Waals surface area contributed by atoms with Crippen molar-refractivity contribution in [1.82, 2.24) is 19.7 Å². The first-order chi connectivity index (χ1) is 12.3. The van der Waals surface area contributed by atoms with Gasteiger partial charge in [-0.25, -0.2) is 0 Å². The van der Waals surface area contributed by atoms with Crippen molar-refractivity contribution < 1.29 is 18.0 Å². The number of hydrogen-bond donors (Lipinski definition) is 0. The summed E-state index contributed by atoms with van der Waals surface area (Å²) in [7, 11) is 0. The van der Waals surface area contributed by atoms with Gasteiger partial charge in [0, 0.05) is 19.0 Å². The first-order valence-electron chi connectivity index (χ1n) is 8.38. The molecule has 0 bridgehead atoms.